The molecule has 5 heteroatoms. The average molecular weight is 279 g/mol. The van der Waals surface area contributed by atoms with Crippen molar-refractivity contribution in [1.82, 2.24) is 4.90 Å². The second kappa shape index (κ2) is 6.72. The summed E-state index contributed by atoms with van der Waals surface area (Å²) in [5, 5.41) is 18.8. The molecule has 0 saturated carbocycles. The molecule has 1 aromatic rings. The van der Waals surface area contributed by atoms with Crippen LogP contribution in [-0.2, 0) is 16.1 Å². The summed E-state index contributed by atoms with van der Waals surface area (Å²) in [4.78, 5) is 13.4. The van der Waals surface area contributed by atoms with Gasteiger partial charge in [-0.25, -0.2) is 0 Å². The minimum atomic E-state index is -0.801. The molecule has 2 N–H and O–H groups in total. The smallest absolute Gasteiger partial charge is 0.310 e. The molecule has 0 aromatic heterocycles. The summed E-state index contributed by atoms with van der Waals surface area (Å²) in [6, 6.07) is 6.98. The van der Waals surface area contributed by atoms with E-state index in [4.69, 9.17) is 4.74 Å². The third-order valence-corrected chi connectivity index (χ3v) is 3.64. The summed E-state index contributed by atoms with van der Waals surface area (Å²) in [6.45, 7) is 4.24. The molecule has 2 atom stereocenters. The van der Waals surface area contributed by atoms with Crippen molar-refractivity contribution in [2.75, 3.05) is 19.8 Å². The van der Waals surface area contributed by atoms with Crippen LogP contribution in [0.15, 0.2) is 24.3 Å². The monoisotopic (exact) mass is 279 g/mol. The first-order chi connectivity index (χ1) is 9.61. The Labute approximate surface area is 118 Å². The Morgan fingerprint density at radius 1 is 1.45 bits per heavy atom. The predicted octanol–water partition coefficient (Wildman–Crippen LogP) is 1.70. The van der Waals surface area contributed by atoms with Crippen molar-refractivity contribution in [1.29, 1.82) is 0 Å². The summed E-state index contributed by atoms with van der Waals surface area (Å²) >= 11 is 0. The lowest BCUT2D eigenvalue weighted by Gasteiger charge is -2.30. The van der Waals surface area contributed by atoms with Gasteiger partial charge in [0.15, 0.2) is 0 Å². The van der Waals surface area contributed by atoms with Gasteiger partial charge in [0, 0.05) is 12.6 Å². The van der Waals surface area contributed by atoms with Gasteiger partial charge in [0.25, 0.3) is 0 Å². The van der Waals surface area contributed by atoms with E-state index in [1.54, 1.807) is 18.2 Å². The minimum Gasteiger partial charge on any atom is -0.508 e. The van der Waals surface area contributed by atoms with Crippen molar-refractivity contribution in [2.24, 2.45) is 5.92 Å². The summed E-state index contributed by atoms with van der Waals surface area (Å²) in [5.41, 5.74) is 0.981. The normalized spacial score (nSPS) is 22.3. The van der Waals surface area contributed by atoms with E-state index in [0.717, 1.165) is 18.5 Å². The summed E-state index contributed by atoms with van der Waals surface area (Å²) in [5.74, 6) is -1.04. The number of nitrogens with zero attached hydrogens (tertiary/aromatic N) is 1. The van der Waals surface area contributed by atoms with Crippen molar-refractivity contribution < 1.29 is 19.7 Å². The largest absolute Gasteiger partial charge is 0.508 e. The second-order valence-corrected chi connectivity index (χ2v) is 5.19. The highest BCUT2D eigenvalue weighted by Crippen LogP contribution is 2.23. The van der Waals surface area contributed by atoms with Gasteiger partial charge in [0.05, 0.1) is 19.1 Å². The number of phenolic OH excluding ortho intramolecular Hbond substituents is 1. The van der Waals surface area contributed by atoms with E-state index in [1.165, 1.54) is 0 Å². The fourth-order valence-corrected chi connectivity index (χ4v) is 2.68. The highest BCUT2D eigenvalue weighted by atomic mass is 16.5. The van der Waals surface area contributed by atoms with Crippen molar-refractivity contribution in [3.05, 3.63) is 29.8 Å². The second-order valence-electron chi connectivity index (χ2n) is 5.19. The Balaban J connectivity index is 2.12. The van der Waals surface area contributed by atoms with Crippen molar-refractivity contribution in [3.8, 4) is 5.75 Å². The molecule has 1 saturated heterocycles. The number of benzene rings is 1. The van der Waals surface area contributed by atoms with Crippen molar-refractivity contribution in [3.63, 3.8) is 0 Å². The molecule has 0 aliphatic carbocycles. The van der Waals surface area contributed by atoms with Crippen LogP contribution in [0.3, 0.4) is 0 Å². The van der Waals surface area contributed by atoms with Crippen LogP contribution in [0.1, 0.15) is 18.9 Å². The molecule has 0 spiro atoms. The highest BCUT2D eigenvalue weighted by molar-refractivity contribution is 5.71. The zero-order valence-corrected chi connectivity index (χ0v) is 11.7. The summed E-state index contributed by atoms with van der Waals surface area (Å²) < 4.78 is 5.35. The first-order valence-electron chi connectivity index (χ1n) is 6.94. The zero-order valence-electron chi connectivity index (χ0n) is 11.7. The highest BCUT2D eigenvalue weighted by Gasteiger charge is 2.37. The Morgan fingerprint density at radius 2 is 2.25 bits per heavy atom. The van der Waals surface area contributed by atoms with Gasteiger partial charge in [0.2, 0.25) is 0 Å². The van der Waals surface area contributed by atoms with Crippen LogP contribution in [0.2, 0.25) is 0 Å². The maximum atomic E-state index is 11.3. The third-order valence-electron chi connectivity index (χ3n) is 3.64. The Kier molecular flexibility index (Phi) is 4.98. The number of aromatic hydroxyl groups is 1. The maximum Gasteiger partial charge on any atom is 0.310 e. The van der Waals surface area contributed by atoms with Gasteiger partial charge in [0.1, 0.15) is 5.75 Å². The maximum absolute atomic E-state index is 11.3. The quantitative estimate of drug-likeness (QED) is 0.829. The predicted molar refractivity (Wildman–Crippen MR) is 74.5 cm³/mol. The fraction of sp³-hybridized carbons (Fsp3) is 0.533. The molecule has 0 amide bonds. The number of ether oxygens (including phenoxy) is 1. The van der Waals surface area contributed by atoms with Crippen LogP contribution in [0.25, 0.3) is 0 Å². The SMILES string of the molecule is CCCN(Cc1cccc(O)c1)C1COCC1C(=O)O. The van der Waals surface area contributed by atoms with E-state index in [9.17, 15) is 15.0 Å². The van der Waals surface area contributed by atoms with E-state index >= 15 is 0 Å². The van der Waals surface area contributed by atoms with Crippen LogP contribution >= 0.6 is 0 Å². The van der Waals surface area contributed by atoms with E-state index in [-0.39, 0.29) is 18.4 Å². The van der Waals surface area contributed by atoms with Crippen molar-refractivity contribution >= 4 is 5.97 Å². The standard InChI is InChI=1S/C15H21NO4/c1-2-6-16(8-11-4-3-5-12(17)7-11)14-10-20-9-13(14)15(18)19/h3-5,7,13-14,17H,2,6,8-10H2,1H3,(H,18,19). The molecule has 5 nitrogen and oxygen atoms in total. The van der Waals surface area contributed by atoms with E-state index < -0.39 is 11.9 Å². The molecule has 1 heterocycles. The number of rotatable bonds is 6. The molecule has 20 heavy (non-hydrogen) atoms. The van der Waals surface area contributed by atoms with Gasteiger partial charge < -0.3 is 14.9 Å². The van der Waals surface area contributed by atoms with Crippen LogP contribution in [0.5, 0.6) is 5.75 Å². The molecule has 1 aliphatic rings. The Bertz CT molecular complexity index is 463. The zero-order chi connectivity index (χ0) is 14.5. The molecule has 2 unspecified atom stereocenters. The molecule has 1 fully saturated rings. The molecule has 110 valence electrons. The number of carboxylic acids is 1. The molecular weight excluding hydrogens is 258 g/mol. The Hall–Kier alpha value is -1.59. The Morgan fingerprint density at radius 3 is 2.90 bits per heavy atom. The lowest BCUT2D eigenvalue weighted by molar-refractivity contribution is -0.143. The van der Waals surface area contributed by atoms with Gasteiger partial charge in [-0.3, -0.25) is 9.69 Å². The minimum absolute atomic E-state index is 0.102. The number of carbonyl (C=O) groups is 1. The lowest BCUT2D eigenvalue weighted by atomic mass is 10.0. The molecule has 1 aromatic carbocycles. The number of hydrogen-bond acceptors (Lipinski definition) is 4. The lowest BCUT2D eigenvalue weighted by Crippen LogP contribution is -2.43. The molecule has 0 bridgehead atoms. The first-order valence-corrected chi connectivity index (χ1v) is 6.94. The summed E-state index contributed by atoms with van der Waals surface area (Å²) in [6.07, 6.45) is 0.946. The van der Waals surface area contributed by atoms with Gasteiger partial charge in [-0.1, -0.05) is 19.1 Å². The summed E-state index contributed by atoms with van der Waals surface area (Å²) in [7, 11) is 0. The van der Waals surface area contributed by atoms with E-state index in [1.807, 2.05) is 6.07 Å². The number of phenols is 1. The topological polar surface area (TPSA) is 70.0 Å². The molecular formula is C15H21NO4. The number of hydrogen-bond donors (Lipinski definition) is 2. The van der Waals surface area contributed by atoms with Gasteiger partial charge in [-0.15, -0.1) is 0 Å². The average Bonchev–Trinajstić information content (AvgIpc) is 2.87. The van der Waals surface area contributed by atoms with Crippen molar-refractivity contribution in [2.45, 2.75) is 25.9 Å². The molecule has 1 aliphatic heterocycles. The molecule has 2 rings (SSSR count). The molecule has 0 radical (unpaired) electrons. The van der Waals surface area contributed by atoms with Gasteiger partial charge in [-0.2, -0.15) is 0 Å². The van der Waals surface area contributed by atoms with E-state index in [2.05, 4.69) is 11.8 Å². The van der Waals surface area contributed by atoms with Gasteiger partial charge >= 0.3 is 5.97 Å². The number of carboxylic acid groups (broad SMARTS) is 1. The number of aliphatic carboxylic acids is 1. The third kappa shape index (κ3) is 3.49. The van der Waals surface area contributed by atoms with Crippen LogP contribution in [-0.4, -0.2) is 46.9 Å². The first kappa shape index (κ1) is 14.8. The fourth-order valence-electron chi connectivity index (χ4n) is 2.68. The van der Waals surface area contributed by atoms with Crippen LogP contribution < -0.4 is 0 Å². The van der Waals surface area contributed by atoms with Gasteiger partial charge in [-0.05, 0) is 30.7 Å². The van der Waals surface area contributed by atoms with E-state index in [0.29, 0.717) is 13.2 Å². The van der Waals surface area contributed by atoms with Crippen LogP contribution in [0, 0.1) is 5.92 Å². The van der Waals surface area contributed by atoms with Crippen LogP contribution in [0.4, 0.5) is 0 Å².